The van der Waals surface area contributed by atoms with Crippen LogP contribution in [0.15, 0.2) is 24.3 Å². The number of amides is 1. The normalized spacial score (nSPS) is 12.4. The molecule has 0 radical (unpaired) electrons. The molecular formula is C12H18N2O3. The van der Waals surface area contributed by atoms with E-state index in [0.29, 0.717) is 13.2 Å². The van der Waals surface area contributed by atoms with Gasteiger partial charge in [-0.3, -0.25) is 4.79 Å². The first-order chi connectivity index (χ1) is 8.15. The fourth-order valence-corrected chi connectivity index (χ4v) is 1.47. The van der Waals surface area contributed by atoms with Crippen LogP contribution in [0, 0.1) is 0 Å². The van der Waals surface area contributed by atoms with Gasteiger partial charge in [0.05, 0.1) is 6.61 Å². The summed E-state index contributed by atoms with van der Waals surface area (Å²) in [5.41, 5.74) is 7.10. The number of primary amides is 1. The average molecular weight is 238 g/mol. The van der Waals surface area contributed by atoms with Crippen molar-refractivity contribution in [2.24, 2.45) is 5.73 Å². The fraction of sp³-hybridized carbons (Fsp3) is 0.417. The van der Waals surface area contributed by atoms with Crippen molar-refractivity contribution in [3.8, 4) is 0 Å². The van der Waals surface area contributed by atoms with E-state index in [-0.39, 0.29) is 6.54 Å². The minimum atomic E-state index is -1.15. The summed E-state index contributed by atoms with van der Waals surface area (Å²) in [4.78, 5) is 10.6. The van der Waals surface area contributed by atoms with Crippen molar-refractivity contribution < 1.29 is 14.6 Å². The van der Waals surface area contributed by atoms with Gasteiger partial charge in [0.25, 0.3) is 0 Å². The number of hydrogen-bond donors (Lipinski definition) is 3. The molecule has 94 valence electrons. The number of benzene rings is 1. The molecule has 5 heteroatoms. The molecular weight excluding hydrogens is 220 g/mol. The van der Waals surface area contributed by atoms with Gasteiger partial charge in [0.2, 0.25) is 5.91 Å². The predicted octanol–water partition coefficient (Wildman–Crippen LogP) is -0.231. The van der Waals surface area contributed by atoms with Crippen molar-refractivity contribution in [3.63, 3.8) is 0 Å². The molecule has 17 heavy (non-hydrogen) atoms. The molecule has 0 saturated heterocycles. The lowest BCUT2D eigenvalue weighted by atomic mass is 10.1. The summed E-state index contributed by atoms with van der Waals surface area (Å²) in [6, 6.07) is 7.82. The van der Waals surface area contributed by atoms with Crippen molar-refractivity contribution >= 4 is 5.91 Å². The smallest absolute Gasteiger partial charge is 0.247 e. The molecule has 1 aromatic carbocycles. The summed E-state index contributed by atoms with van der Waals surface area (Å²) in [5.74, 6) is -0.720. The van der Waals surface area contributed by atoms with E-state index >= 15 is 0 Å². The highest BCUT2D eigenvalue weighted by Gasteiger charge is 2.09. The zero-order chi connectivity index (χ0) is 12.7. The van der Waals surface area contributed by atoms with Crippen LogP contribution in [0.2, 0.25) is 0 Å². The number of aliphatic hydroxyl groups is 1. The lowest BCUT2D eigenvalue weighted by Gasteiger charge is -2.11. The number of methoxy groups -OCH3 is 1. The highest BCUT2D eigenvalue weighted by Crippen LogP contribution is 2.09. The van der Waals surface area contributed by atoms with Gasteiger partial charge >= 0.3 is 0 Å². The van der Waals surface area contributed by atoms with E-state index in [1.54, 1.807) is 7.11 Å². The van der Waals surface area contributed by atoms with E-state index in [2.05, 4.69) is 5.32 Å². The van der Waals surface area contributed by atoms with Gasteiger partial charge in [-0.05, 0) is 11.1 Å². The standard InChI is InChI=1S/C12H18N2O3/c1-17-8-10-5-3-2-4-9(10)6-14-7-11(15)12(13)16/h2-5,11,14-15H,6-8H2,1H3,(H2,13,16). The van der Waals surface area contributed by atoms with Crippen LogP contribution < -0.4 is 11.1 Å². The van der Waals surface area contributed by atoms with E-state index in [1.807, 2.05) is 24.3 Å². The third-order valence-electron chi connectivity index (χ3n) is 2.40. The summed E-state index contributed by atoms with van der Waals surface area (Å²) >= 11 is 0. The van der Waals surface area contributed by atoms with Crippen molar-refractivity contribution in [2.45, 2.75) is 19.3 Å². The molecule has 1 unspecified atom stereocenters. The Morgan fingerprint density at radius 2 is 2.12 bits per heavy atom. The lowest BCUT2D eigenvalue weighted by molar-refractivity contribution is -0.125. The Kier molecular flexibility index (Phi) is 5.62. The van der Waals surface area contributed by atoms with Crippen molar-refractivity contribution in [2.75, 3.05) is 13.7 Å². The van der Waals surface area contributed by atoms with E-state index in [1.165, 1.54) is 0 Å². The Hall–Kier alpha value is -1.43. The molecule has 0 bridgehead atoms. The highest BCUT2D eigenvalue weighted by molar-refractivity contribution is 5.78. The first-order valence-corrected chi connectivity index (χ1v) is 5.39. The highest BCUT2D eigenvalue weighted by atomic mass is 16.5. The summed E-state index contributed by atoms with van der Waals surface area (Å²) < 4.78 is 5.08. The van der Waals surface area contributed by atoms with Gasteiger partial charge in [0.15, 0.2) is 0 Å². The van der Waals surface area contributed by atoms with Crippen LogP contribution in [0.4, 0.5) is 0 Å². The van der Waals surface area contributed by atoms with Crippen LogP contribution in [-0.4, -0.2) is 30.8 Å². The number of ether oxygens (including phenoxy) is 1. The molecule has 0 heterocycles. The van der Waals surface area contributed by atoms with Crippen LogP contribution in [-0.2, 0) is 22.7 Å². The molecule has 1 rings (SSSR count). The largest absolute Gasteiger partial charge is 0.382 e. The fourth-order valence-electron chi connectivity index (χ4n) is 1.47. The zero-order valence-corrected chi connectivity index (χ0v) is 9.85. The summed E-state index contributed by atoms with van der Waals surface area (Å²) in [6.07, 6.45) is -1.15. The van der Waals surface area contributed by atoms with E-state index in [9.17, 15) is 9.90 Å². The summed E-state index contributed by atoms with van der Waals surface area (Å²) in [7, 11) is 1.64. The van der Waals surface area contributed by atoms with Gasteiger partial charge in [-0.2, -0.15) is 0 Å². The first-order valence-electron chi connectivity index (χ1n) is 5.39. The van der Waals surface area contributed by atoms with Gasteiger partial charge in [-0.25, -0.2) is 0 Å². The van der Waals surface area contributed by atoms with Gasteiger partial charge in [-0.15, -0.1) is 0 Å². The quantitative estimate of drug-likeness (QED) is 0.612. The number of carbonyl (C=O) groups excluding carboxylic acids is 1. The average Bonchev–Trinajstić information content (AvgIpc) is 2.31. The minimum absolute atomic E-state index is 0.149. The molecule has 0 aromatic heterocycles. The Labute approximate surface area is 101 Å². The lowest BCUT2D eigenvalue weighted by Crippen LogP contribution is -2.37. The van der Waals surface area contributed by atoms with Crippen molar-refractivity contribution in [3.05, 3.63) is 35.4 Å². The van der Waals surface area contributed by atoms with Gasteiger partial charge < -0.3 is 20.9 Å². The van der Waals surface area contributed by atoms with Gasteiger partial charge in [-0.1, -0.05) is 24.3 Å². The maximum atomic E-state index is 10.6. The molecule has 4 N–H and O–H groups in total. The van der Waals surface area contributed by atoms with Crippen molar-refractivity contribution in [1.82, 2.24) is 5.32 Å². The predicted molar refractivity (Wildman–Crippen MR) is 64.1 cm³/mol. The minimum Gasteiger partial charge on any atom is -0.382 e. The number of hydrogen-bond acceptors (Lipinski definition) is 4. The third-order valence-corrected chi connectivity index (χ3v) is 2.40. The number of nitrogens with one attached hydrogen (secondary N) is 1. The van der Waals surface area contributed by atoms with Crippen LogP contribution in [0.3, 0.4) is 0 Å². The molecule has 0 spiro atoms. The Morgan fingerprint density at radius 3 is 2.71 bits per heavy atom. The maximum absolute atomic E-state index is 10.6. The van der Waals surface area contributed by atoms with E-state index in [0.717, 1.165) is 11.1 Å². The van der Waals surface area contributed by atoms with Crippen LogP contribution >= 0.6 is 0 Å². The zero-order valence-electron chi connectivity index (χ0n) is 9.85. The molecule has 0 aliphatic carbocycles. The Morgan fingerprint density at radius 1 is 1.47 bits per heavy atom. The number of rotatable bonds is 7. The van der Waals surface area contributed by atoms with Crippen LogP contribution in [0.25, 0.3) is 0 Å². The molecule has 0 saturated carbocycles. The number of nitrogens with two attached hydrogens (primary N) is 1. The second kappa shape index (κ2) is 7.01. The second-order valence-corrected chi connectivity index (χ2v) is 3.75. The van der Waals surface area contributed by atoms with Crippen molar-refractivity contribution in [1.29, 1.82) is 0 Å². The molecule has 1 aromatic rings. The maximum Gasteiger partial charge on any atom is 0.247 e. The van der Waals surface area contributed by atoms with E-state index in [4.69, 9.17) is 10.5 Å². The monoisotopic (exact) mass is 238 g/mol. The van der Waals surface area contributed by atoms with Crippen LogP contribution in [0.1, 0.15) is 11.1 Å². The molecule has 0 fully saturated rings. The SMILES string of the molecule is COCc1ccccc1CNCC(O)C(N)=O. The van der Waals surface area contributed by atoms with Crippen LogP contribution in [0.5, 0.6) is 0 Å². The summed E-state index contributed by atoms with van der Waals surface area (Å²) in [5, 5.41) is 12.2. The molecule has 0 aliphatic rings. The van der Waals surface area contributed by atoms with E-state index < -0.39 is 12.0 Å². The first kappa shape index (κ1) is 13.6. The second-order valence-electron chi connectivity index (χ2n) is 3.75. The molecule has 1 amide bonds. The van der Waals surface area contributed by atoms with Gasteiger partial charge in [0, 0.05) is 20.2 Å². The topological polar surface area (TPSA) is 84.6 Å². The molecule has 1 atom stereocenters. The Balaban J connectivity index is 2.48. The van der Waals surface area contributed by atoms with Gasteiger partial charge in [0.1, 0.15) is 6.10 Å². The number of aliphatic hydroxyl groups excluding tert-OH is 1. The number of carbonyl (C=O) groups is 1. The Bertz CT molecular complexity index is 369. The summed E-state index contributed by atoms with van der Waals surface area (Å²) in [6.45, 7) is 1.25. The molecule has 5 nitrogen and oxygen atoms in total. The third kappa shape index (κ3) is 4.52. The molecule has 0 aliphatic heterocycles.